The first kappa shape index (κ1) is 30.9. The SMILES string of the molecule is CCCCCCCCCCCC(=O)OC(CCCCCCCC)CCCCCCC(=O)O. The molecule has 4 heteroatoms. The van der Waals surface area contributed by atoms with E-state index in [0.29, 0.717) is 6.42 Å². The monoisotopic (exact) mass is 454 g/mol. The van der Waals surface area contributed by atoms with Crippen molar-refractivity contribution in [3.8, 4) is 0 Å². The summed E-state index contributed by atoms with van der Waals surface area (Å²) in [5.41, 5.74) is 0. The Bertz CT molecular complexity index is 422. The predicted octanol–water partition coefficient (Wildman–Crippen LogP) is 8.99. The van der Waals surface area contributed by atoms with Gasteiger partial charge >= 0.3 is 11.9 Å². The lowest BCUT2D eigenvalue weighted by atomic mass is 10.0. The van der Waals surface area contributed by atoms with Crippen molar-refractivity contribution in [1.82, 2.24) is 0 Å². The van der Waals surface area contributed by atoms with E-state index in [1.807, 2.05) is 0 Å². The molecule has 32 heavy (non-hydrogen) atoms. The Morgan fingerprint density at radius 3 is 1.38 bits per heavy atom. The number of carbonyl (C=O) groups excluding carboxylic acids is 1. The fraction of sp³-hybridized carbons (Fsp3) is 0.929. The average Bonchev–Trinajstić information content (AvgIpc) is 2.76. The minimum atomic E-state index is -0.712. The molecule has 4 nitrogen and oxygen atoms in total. The molecule has 1 N–H and O–H groups in total. The highest BCUT2D eigenvalue weighted by molar-refractivity contribution is 5.69. The Balaban J connectivity index is 3.99. The summed E-state index contributed by atoms with van der Waals surface area (Å²) in [7, 11) is 0. The summed E-state index contributed by atoms with van der Waals surface area (Å²) in [6.07, 6.45) is 25.3. The summed E-state index contributed by atoms with van der Waals surface area (Å²) < 4.78 is 5.86. The Kier molecular flexibility index (Phi) is 23.8. The van der Waals surface area contributed by atoms with Gasteiger partial charge in [-0.1, -0.05) is 110 Å². The van der Waals surface area contributed by atoms with Crippen molar-refractivity contribution >= 4 is 11.9 Å². The van der Waals surface area contributed by atoms with E-state index in [-0.39, 0.29) is 18.5 Å². The Morgan fingerprint density at radius 2 is 0.938 bits per heavy atom. The topological polar surface area (TPSA) is 63.6 Å². The van der Waals surface area contributed by atoms with Crippen molar-refractivity contribution in [2.75, 3.05) is 0 Å². The quantitative estimate of drug-likeness (QED) is 0.110. The molecule has 0 aromatic heterocycles. The molecule has 0 rings (SSSR count). The molecular formula is C28H54O4. The van der Waals surface area contributed by atoms with Crippen LogP contribution in [-0.4, -0.2) is 23.1 Å². The van der Waals surface area contributed by atoms with Crippen LogP contribution in [0, 0.1) is 0 Å². The molecule has 0 aliphatic heterocycles. The number of hydrogen-bond acceptors (Lipinski definition) is 3. The van der Waals surface area contributed by atoms with Crippen LogP contribution in [0.25, 0.3) is 0 Å². The van der Waals surface area contributed by atoms with Crippen LogP contribution in [0.1, 0.15) is 162 Å². The highest BCUT2D eigenvalue weighted by Crippen LogP contribution is 2.18. The number of carboxylic acid groups (broad SMARTS) is 1. The third kappa shape index (κ3) is 23.6. The average molecular weight is 455 g/mol. The summed E-state index contributed by atoms with van der Waals surface area (Å²) in [5, 5.41) is 8.74. The van der Waals surface area contributed by atoms with Crippen molar-refractivity contribution in [2.24, 2.45) is 0 Å². The standard InChI is InChI=1S/C28H54O4/c1-3-5-7-9-11-12-13-15-21-25-28(31)32-26(22-18-14-10-8-6-4-2)23-19-16-17-20-24-27(29)30/h26H,3-25H2,1-2H3,(H,29,30). The zero-order valence-electron chi connectivity index (χ0n) is 21.5. The maximum absolute atomic E-state index is 12.4. The Labute approximate surface area is 199 Å². The number of hydrogen-bond donors (Lipinski definition) is 1. The molecule has 0 aliphatic rings. The van der Waals surface area contributed by atoms with Crippen LogP contribution in [0.3, 0.4) is 0 Å². The number of esters is 1. The lowest BCUT2D eigenvalue weighted by Gasteiger charge is -2.18. The van der Waals surface area contributed by atoms with E-state index in [1.54, 1.807) is 0 Å². The van der Waals surface area contributed by atoms with E-state index in [2.05, 4.69) is 13.8 Å². The fourth-order valence-electron chi connectivity index (χ4n) is 4.24. The molecule has 0 amide bonds. The van der Waals surface area contributed by atoms with Crippen molar-refractivity contribution in [1.29, 1.82) is 0 Å². The number of unbranched alkanes of at least 4 members (excludes halogenated alkanes) is 16. The minimum absolute atomic E-state index is 0.0187. The maximum Gasteiger partial charge on any atom is 0.306 e. The van der Waals surface area contributed by atoms with Gasteiger partial charge in [0.15, 0.2) is 0 Å². The molecular weight excluding hydrogens is 400 g/mol. The molecule has 0 bridgehead atoms. The van der Waals surface area contributed by atoms with Gasteiger partial charge in [0.25, 0.3) is 0 Å². The van der Waals surface area contributed by atoms with Gasteiger partial charge in [-0.25, -0.2) is 0 Å². The predicted molar refractivity (Wildman–Crippen MR) is 135 cm³/mol. The molecule has 0 aromatic rings. The molecule has 1 unspecified atom stereocenters. The van der Waals surface area contributed by atoms with Crippen LogP contribution in [0.2, 0.25) is 0 Å². The highest BCUT2D eigenvalue weighted by Gasteiger charge is 2.14. The van der Waals surface area contributed by atoms with E-state index in [0.717, 1.165) is 57.8 Å². The number of aliphatic carboxylic acids is 1. The van der Waals surface area contributed by atoms with Crippen LogP contribution in [0.4, 0.5) is 0 Å². The fourth-order valence-corrected chi connectivity index (χ4v) is 4.24. The lowest BCUT2D eigenvalue weighted by molar-refractivity contribution is -0.150. The molecule has 0 saturated carbocycles. The normalized spacial score (nSPS) is 12.1. The van der Waals surface area contributed by atoms with Crippen LogP contribution < -0.4 is 0 Å². The Morgan fingerprint density at radius 1 is 0.562 bits per heavy atom. The van der Waals surface area contributed by atoms with Gasteiger partial charge in [0.1, 0.15) is 6.10 Å². The summed E-state index contributed by atoms with van der Waals surface area (Å²) in [4.78, 5) is 23.0. The number of ether oxygens (including phenoxy) is 1. The summed E-state index contributed by atoms with van der Waals surface area (Å²) in [6.45, 7) is 4.49. The number of carbonyl (C=O) groups is 2. The van der Waals surface area contributed by atoms with Gasteiger partial charge in [-0.3, -0.25) is 9.59 Å². The van der Waals surface area contributed by atoms with E-state index in [1.165, 1.54) is 77.0 Å². The van der Waals surface area contributed by atoms with Gasteiger partial charge in [0, 0.05) is 12.8 Å². The molecule has 0 aromatic carbocycles. The first-order valence-corrected chi connectivity index (χ1v) is 14.0. The third-order valence-corrected chi connectivity index (χ3v) is 6.33. The van der Waals surface area contributed by atoms with Crippen LogP contribution in [0.5, 0.6) is 0 Å². The molecule has 190 valence electrons. The smallest absolute Gasteiger partial charge is 0.306 e. The van der Waals surface area contributed by atoms with Crippen molar-refractivity contribution in [2.45, 2.75) is 168 Å². The van der Waals surface area contributed by atoms with E-state index in [4.69, 9.17) is 9.84 Å². The van der Waals surface area contributed by atoms with E-state index >= 15 is 0 Å². The van der Waals surface area contributed by atoms with Gasteiger partial charge in [-0.05, 0) is 38.5 Å². The largest absolute Gasteiger partial charge is 0.481 e. The van der Waals surface area contributed by atoms with E-state index < -0.39 is 5.97 Å². The van der Waals surface area contributed by atoms with Gasteiger partial charge in [0.05, 0.1) is 0 Å². The summed E-state index contributed by atoms with van der Waals surface area (Å²) in [6, 6.07) is 0. The lowest BCUT2D eigenvalue weighted by Crippen LogP contribution is -2.18. The zero-order valence-corrected chi connectivity index (χ0v) is 21.5. The highest BCUT2D eigenvalue weighted by atomic mass is 16.5. The van der Waals surface area contributed by atoms with Gasteiger partial charge in [0.2, 0.25) is 0 Å². The van der Waals surface area contributed by atoms with E-state index in [9.17, 15) is 9.59 Å². The van der Waals surface area contributed by atoms with Gasteiger partial charge in [-0.2, -0.15) is 0 Å². The second kappa shape index (κ2) is 24.6. The Hall–Kier alpha value is -1.06. The van der Waals surface area contributed by atoms with Crippen LogP contribution in [0.15, 0.2) is 0 Å². The first-order chi connectivity index (χ1) is 15.6. The second-order valence-corrected chi connectivity index (χ2v) is 9.59. The second-order valence-electron chi connectivity index (χ2n) is 9.59. The third-order valence-electron chi connectivity index (χ3n) is 6.33. The van der Waals surface area contributed by atoms with Crippen LogP contribution in [-0.2, 0) is 14.3 Å². The van der Waals surface area contributed by atoms with Crippen molar-refractivity contribution < 1.29 is 19.4 Å². The molecule has 1 atom stereocenters. The van der Waals surface area contributed by atoms with Crippen molar-refractivity contribution in [3.05, 3.63) is 0 Å². The number of carboxylic acids is 1. The first-order valence-electron chi connectivity index (χ1n) is 14.0. The molecule has 0 saturated heterocycles. The van der Waals surface area contributed by atoms with Gasteiger partial charge in [-0.15, -0.1) is 0 Å². The number of rotatable bonds is 25. The molecule has 0 spiro atoms. The van der Waals surface area contributed by atoms with Crippen molar-refractivity contribution in [3.63, 3.8) is 0 Å². The minimum Gasteiger partial charge on any atom is -0.481 e. The van der Waals surface area contributed by atoms with Gasteiger partial charge < -0.3 is 9.84 Å². The molecule has 0 heterocycles. The maximum atomic E-state index is 12.4. The molecule has 0 radical (unpaired) electrons. The summed E-state index contributed by atoms with van der Waals surface area (Å²) >= 11 is 0. The molecule has 0 fully saturated rings. The van der Waals surface area contributed by atoms with Crippen LogP contribution >= 0.6 is 0 Å². The zero-order chi connectivity index (χ0) is 23.7. The summed E-state index contributed by atoms with van der Waals surface area (Å²) in [5.74, 6) is -0.730. The molecule has 0 aliphatic carbocycles.